The number of non-ortho nitro benzene ring substituents is 1. The van der Waals surface area contributed by atoms with Crippen LogP contribution in [-0.4, -0.2) is 24.2 Å². The van der Waals surface area contributed by atoms with Crippen LogP contribution in [0.25, 0.3) is 0 Å². The van der Waals surface area contributed by atoms with Crippen molar-refractivity contribution in [3.63, 3.8) is 0 Å². The van der Waals surface area contributed by atoms with Gasteiger partial charge in [-0.3, -0.25) is 14.9 Å². The van der Waals surface area contributed by atoms with Crippen LogP contribution in [0.1, 0.15) is 26.2 Å². The summed E-state index contributed by atoms with van der Waals surface area (Å²) in [5.74, 6) is 0.742. The Morgan fingerprint density at radius 3 is 2.42 bits per heavy atom. The molecule has 0 spiro atoms. The molecular weight excluding hydrogens is 350 g/mol. The van der Waals surface area contributed by atoms with Gasteiger partial charge >= 0.3 is 0 Å². The number of allylic oxidation sites excluding steroid dienone is 2. The van der Waals surface area contributed by atoms with Gasteiger partial charge in [-0.2, -0.15) is 0 Å². The molecule has 0 N–H and O–H groups in total. The van der Waals surface area contributed by atoms with Gasteiger partial charge in [0.2, 0.25) is 5.12 Å². The highest BCUT2D eigenvalue weighted by Crippen LogP contribution is 2.18. The third kappa shape index (κ3) is 7.10. The molecule has 0 bridgehead atoms. The van der Waals surface area contributed by atoms with Gasteiger partial charge in [-0.1, -0.05) is 30.8 Å². The summed E-state index contributed by atoms with van der Waals surface area (Å²) in [4.78, 5) is 21.2. The number of benzene rings is 1. The molecule has 0 unspecified atom stereocenters. The minimum Gasteiger partial charge on any atom is -0.282 e. The zero-order valence-corrected chi connectivity index (χ0v) is 14.9. The molecule has 0 aliphatic rings. The van der Waals surface area contributed by atoms with Gasteiger partial charge in [-0.25, -0.2) is 8.42 Å². The van der Waals surface area contributed by atoms with E-state index in [2.05, 4.69) is 0 Å². The van der Waals surface area contributed by atoms with Gasteiger partial charge in [0.15, 0.2) is 9.84 Å². The van der Waals surface area contributed by atoms with Gasteiger partial charge in [0.05, 0.1) is 9.82 Å². The third-order valence-corrected chi connectivity index (χ3v) is 5.12. The molecule has 24 heavy (non-hydrogen) atoms. The molecule has 0 aromatic heterocycles. The van der Waals surface area contributed by atoms with Gasteiger partial charge in [0.1, 0.15) is 0 Å². The fourth-order valence-corrected chi connectivity index (χ4v) is 3.29. The summed E-state index contributed by atoms with van der Waals surface area (Å²) in [6.45, 7) is 1.91. The van der Waals surface area contributed by atoms with E-state index in [1.807, 2.05) is 6.92 Å². The number of unbranched alkanes of at least 4 members (excludes halogenated alkanes) is 2. The number of thioether (sulfide) groups is 1. The maximum Gasteiger partial charge on any atom is 0.269 e. The number of carbonyl (C=O) groups is 1. The minimum absolute atomic E-state index is 0.0198. The lowest BCUT2D eigenvalue weighted by molar-refractivity contribution is -0.384. The van der Waals surface area contributed by atoms with Crippen molar-refractivity contribution in [1.29, 1.82) is 0 Å². The molecule has 1 aromatic rings. The number of nitrogens with zero attached hydrogens (tertiary/aromatic N) is 1. The van der Waals surface area contributed by atoms with Crippen LogP contribution in [0.2, 0.25) is 0 Å². The number of rotatable bonds is 9. The Morgan fingerprint density at radius 1 is 1.21 bits per heavy atom. The molecule has 8 heteroatoms. The Hall–Kier alpha value is -1.93. The van der Waals surface area contributed by atoms with Crippen molar-refractivity contribution in [3.8, 4) is 0 Å². The second-order valence-corrected chi connectivity index (χ2v) is 7.86. The van der Waals surface area contributed by atoms with Gasteiger partial charge in [0, 0.05) is 17.5 Å². The molecule has 6 nitrogen and oxygen atoms in total. The van der Waals surface area contributed by atoms with Crippen molar-refractivity contribution in [3.05, 3.63) is 58.0 Å². The molecule has 0 saturated heterocycles. The van der Waals surface area contributed by atoms with E-state index in [0.29, 0.717) is 12.8 Å². The van der Waals surface area contributed by atoms with E-state index in [9.17, 15) is 23.3 Å². The van der Waals surface area contributed by atoms with E-state index in [1.165, 1.54) is 30.0 Å². The van der Waals surface area contributed by atoms with Crippen LogP contribution in [0, 0.1) is 10.1 Å². The molecule has 0 amide bonds. The Morgan fingerprint density at radius 2 is 1.83 bits per heavy atom. The lowest BCUT2D eigenvalue weighted by Gasteiger charge is -1.98. The number of hydrogen-bond donors (Lipinski definition) is 0. The predicted octanol–water partition coefficient (Wildman–Crippen LogP) is 3.89. The summed E-state index contributed by atoms with van der Waals surface area (Å²) >= 11 is 1.24. The van der Waals surface area contributed by atoms with E-state index >= 15 is 0 Å². The molecule has 0 fully saturated rings. The summed E-state index contributed by atoms with van der Waals surface area (Å²) < 4.78 is 24.1. The summed E-state index contributed by atoms with van der Waals surface area (Å²) in [5, 5.41) is 11.7. The summed E-state index contributed by atoms with van der Waals surface area (Å²) in [5.41, 5.74) is -0.152. The Labute approximate surface area is 145 Å². The quantitative estimate of drug-likeness (QED) is 0.284. The molecule has 0 heterocycles. The zero-order chi connectivity index (χ0) is 18.0. The highest BCUT2D eigenvalue weighted by atomic mass is 32.2. The van der Waals surface area contributed by atoms with E-state index in [4.69, 9.17) is 0 Å². The zero-order valence-electron chi connectivity index (χ0n) is 13.3. The molecule has 0 aliphatic carbocycles. The number of sulfone groups is 1. The molecule has 0 atom stereocenters. The van der Waals surface area contributed by atoms with Gasteiger partial charge in [-0.05, 0) is 43.2 Å². The van der Waals surface area contributed by atoms with Crippen molar-refractivity contribution >= 4 is 32.4 Å². The first-order valence-corrected chi connectivity index (χ1v) is 9.89. The van der Waals surface area contributed by atoms with E-state index in [0.717, 1.165) is 29.7 Å². The van der Waals surface area contributed by atoms with E-state index < -0.39 is 14.8 Å². The molecule has 0 radical (unpaired) electrons. The minimum atomic E-state index is -3.59. The highest BCUT2D eigenvalue weighted by molar-refractivity contribution is 8.14. The van der Waals surface area contributed by atoms with Crippen molar-refractivity contribution in [2.24, 2.45) is 0 Å². The Kier molecular flexibility index (Phi) is 8.42. The molecule has 1 aromatic carbocycles. The average molecular weight is 369 g/mol. The van der Waals surface area contributed by atoms with E-state index in [-0.39, 0.29) is 15.7 Å². The fraction of sp³-hybridized carbons (Fsp3) is 0.312. The second-order valence-electron chi connectivity index (χ2n) is 4.75. The lowest BCUT2D eigenvalue weighted by atomic mass is 10.2. The molecule has 0 saturated carbocycles. The van der Waals surface area contributed by atoms with Gasteiger partial charge in [0.25, 0.3) is 5.69 Å². The largest absolute Gasteiger partial charge is 0.282 e. The van der Waals surface area contributed by atoms with Crippen LogP contribution in [0.5, 0.6) is 0 Å². The Bertz CT molecular complexity index is 721. The normalized spacial score (nSPS) is 12.0. The molecule has 1 rings (SSSR count). The first-order valence-electron chi connectivity index (χ1n) is 7.36. The summed E-state index contributed by atoms with van der Waals surface area (Å²) in [6, 6.07) is 4.77. The number of hydrogen-bond acceptors (Lipinski definition) is 6. The number of nitro groups is 1. The monoisotopic (exact) mass is 369 g/mol. The van der Waals surface area contributed by atoms with Crippen molar-refractivity contribution in [2.75, 3.05) is 5.75 Å². The van der Waals surface area contributed by atoms with Crippen molar-refractivity contribution < 1.29 is 18.1 Å². The average Bonchev–Trinajstić information content (AvgIpc) is 2.54. The predicted molar refractivity (Wildman–Crippen MR) is 95.6 cm³/mol. The third-order valence-electron chi connectivity index (χ3n) is 2.93. The van der Waals surface area contributed by atoms with Crippen LogP contribution in [0.3, 0.4) is 0 Å². The lowest BCUT2D eigenvalue weighted by Crippen LogP contribution is -1.96. The summed E-state index contributed by atoms with van der Waals surface area (Å²) in [6.07, 6.45) is 6.85. The maximum atomic E-state index is 12.0. The maximum absolute atomic E-state index is 12.0. The molecule has 0 aliphatic heterocycles. The molecule has 130 valence electrons. The van der Waals surface area contributed by atoms with Gasteiger partial charge < -0.3 is 0 Å². The van der Waals surface area contributed by atoms with Crippen LogP contribution < -0.4 is 0 Å². The summed E-state index contributed by atoms with van der Waals surface area (Å²) in [7, 11) is -3.59. The topological polar surface area (TPSA) is 94.3 Å². The SMILES string of the molecule is CCSC(=O)/C=C/CCC/C=C/S(=O)(=O)c1ccc([N+](=O)[O-])cc1. The highest BCUT2D eigenvalue weighted by Gasteiger charge is 2.12. The Balaban J connectivity index is 2.48. The second kappa shape index (κ2) is 10.0. The number of carbonyl (C=O) groups excluding carboxylic acids is 1. The van der Waals surface area contributed by atoms with Crippen LogP contribution >= 0.6 is 11.8 Å². The van der Waals surface area contributed by atoms with Crippen LogP contribution in [0.15, 0.2) is 52.8 Å². The van der Waals surface area contributed by atoms with E-state index in [1.54, 1.807) is 12.2 Å². The fourth-order valence-electron chi connectivity index (χ4n) is 1.75. The van der Waals surface area contributed by atoms with Crippen LogP contribution in [0.4, 0.5) is 5.69 Å². The standard InChI is InChI=1S/C16H19NO5S2/c1-2-23-16(18)8-6-4-3-5-7-13-24(21,22)15-11-9-14(10-12-15)17(19)20/h6-13H,2-5H2,1H3/b8-6+,13-7+. The van der Waals surface area contributed by atoms with Crippen LogP contribution in [-0.2, 0) is 14.6 Å². The van der Waals surface area contributed by atoms with Crippen molar-refractivity contribution in [1.82, 2.24) is 0 Å². The number of nitro benzene ring substituents is 1. The first-order chi connectivity index (χ1) is 11.4. The smallest absolute Gasteiger partial charge is 0.269 e. The van der Waals surface area contributed by atoms with Crippen molar-refractivity contribution in [2.45, 2.75) is 31.1 Å². The molecular formula is C16H19NO5S2. The first kappa shape index (κ1) is 20.1. The van der Waals surface area contributed by atoms with Gasteiger partial charge in [-0.15, -0.1) is 0 Å².